The number of fused-ring (bicyclic) bond motifs is 2. The van der Waals surface area contributed by atoms with Crippen molar-refractivity contribution in [2.24, 2.45) is 0 Å². The second-order valence-corrected chi connectivity index (χ2v) is 9.27. The molecule has 2 aromatic carbocycles. The van der Waals surface area contributed by atoms with Gasteiger partial charge in [0.15, 0.2) is 17.2 Å². The molecule has 0 saturated heterocycles. The van der Waals surface area contributed by atoms with Gasteiger partial charge in [-0.1, -0.05) is 26.0 Å². The lowest BCUT2D eigenvalue weighted by Crippen LogP contribution is -2.65. The smallest absolute Gasteiger partial charge is 0.456 e. The lowest BCUT2D eigenvalue weighted by atomic mass is 9.61. The first kappa shape index (κ1) is 24.9. The Kier molecular flexibility index (Phi) is 5.62. The summed E-state index contributed by atoms with van der Waals surface area (Å²) in [6.45, 7) is 2.67. The number of benzene rings is 2. The average molecular weight is 500 g/mol. The molecule has 35 heavy (non-hydrogen) atoms. The molecule has 2 atom stereocenters. The zero-order valence-electron chi connectivity index (χ0n) is 18.9. The first-order valence-electron chi connectivity index (χ1n) is 10.6. The Balaban J connectivity index is 2.02. The SMILES string of the molecule is COc1c(F)ccc2c1C(C)(C)CC(O)(C(F)(F)C(F)(F)F)C2Nc1cccc2[nH]c(=O)ccc12. The Hall–Kier alpha value is -3.21. The molecule has 0 amide bonds. The van der Waals surface area contributed by atoms with Crippen molar-refractivity contribution in [2.75, 3.05) is 12.4 Å². The topological polar surface area (TPSA) is 74.3 Å². The van der Waals surface area contributed by atoms with Crippen LogP contribution in [0.25, 0.3) is 10.9 Å². The van der Waals surface area contributed by atoms with E-state index in [1.807, 2.05) is 0 Å². The Morgan fingerprint density at radius 1 is 1.09 bits per heavy atom. The molecule has 1 aliphatic rings. The molecule has 5 nitrogen and oxygen atoms in total. The van der Waals surface area contributed by atoms with Crippen LogP contribution in [0.5, 0.6) is 5.75 Å². The van der Waals surface area contributed by atoms with Crippen LogP contribution < -0.4 is 15.6 Å². The summed E-state index contributed by atoms with van der Waals surface area (Å²) in [5, 5.41) is 14.2. The number of hydrogen-bond acceptors (Lipinski definition) is 4. The monoisotopic (exact) mass is 500 g/mol. The number of H-pyrrole nitrogens is 1. The lowest BCUT2D eigenvalue weighted by molar-refractivity contribution is -0.349. The van der Waals surface area contributed by atoms with Gasteiger partial charge in [0.25, 0.3) is 0 Å². The minimum atomic E-state index is -6.08. The van der Waals surface area contributed by atoms with Gasteiger partial charge in [0, 0.05) is 22.7 Å². The minimum Gasteiger partial charge on any atom is -0.493 e. The number of rotatable bonds is 4. The molecule has 1 heterocycles. The number of methoxy groups -OCH3 is 1. The van der Waals surface area contributed by atoms with Gasteiger partial charge in [-0.05, 0) is 41.7 Å². The molecule has 0 bridgehead atoms. The number of aliphatic hydroxyl groups is 1. The van der Waals surface area contributed by atoms with Gasteiger partial charge in [-0.25, -0.2) is 4.39 Å². The predicted octanol–water partition coefficient (Wildman–Crippen LogP) is 5.44. The van der Waals surface area contributed by atoms with Crippen molar-refractivity contribution in [1.29, 1.82) is 0 Å². The van der Waals surface area contributed by atoms with Crippen molar-refractivity contribution < 1.29 is 36.2 Å². The summed E-state index contributed by atoms with van der Waals surface area (Å²) in [5.41, 5.74) is -5.39. The van der Waals surface area contributed by atoms with Crippen molar-refractivity contribution in [2.45, 2.75) is 49.4 Å². The summed E-state index contributed by atoms with van der Waals surface area (Å²) in [6, 6.07) is 6.85. The fraction of sp³-hybridized carbons (Fsp3) is 0.375. The summed E-state index contributed by atoms with van der Waals surface area (Å²) in [5.74, 6) is -6.68. The molecule has 0 radical (unpaired) electrons. The van der Waals surface area contributed by atoms with Gasteiger partial charge in [0.05, 0.1) is 18.7 Å². The fourth-order valence-corrected chi connectivity index (χ4v) is 5.04. The van der Waals surface area contributed by atoms with E-state index in [1.54, 1.807) is 0 Å². The second-order valence-electron chi connectivity index (χ2n) is 9.27. The van der Waals surface area contributed by atoms with E-state index in [4.69, 9.17) is 4.74 Å². The molecule has 0 fully saturated rings. The van der Waals surface area contributed by atoms with Gasteiger partial charge in [-0.2, -0.15) is 22.0 Å². The van der Waals surface area contributed by atoms with E-state index in [9.17, 15) is 27.5 Å². The van der Waals surface area contributed by atoms with E-state index < -0.39 is 47.0 Å². The summed E-state index contributed by atoms with van der Waals surface area (Å²) in [7, 11) is 1.16. The fourth-order valence-electron chi connectivity index (χ4n) is 5.04. The lowest BCUT2D eigenvalue weighted by Gasteiger charge is -2.51. The molecule has 3 N–H and O–H groups in total. The van der Waals surface area contributed by atoms with Crippen LogP contribution in [0.15, 0.2) is 47.3 Å². The molecule has 2 unspecified atom stereocenters. The number of aromatic amines is 1. The van der Waals surface area contributed by atoms with Crippen molar-refractivity contribution in [1.82, 2.24) is 4.98 Å². The zero-order valence-corrected chi connectivity index (χ0v) is 18.9. The van der Waals surface area contributed by atoms with Crippen LogP contribution in [0.1, 0.15) is 37.4 Å². The zero-order chi connectivity index (χ0) is 26.0. The summed E-state index contributed by atoms with van der Waals surface area (Å²) < 4.78 is 90.8. The molecule has 0 spiro atoms. The maximum Gasteiger partial charge on any atom is 0.456 e. The van der Waals surface area contributed by atoms with Crippen molar-refractivity contribution in [3.8, 4) is 5.75 Å². The van der Waals surface area contributed by atoms with Crippen LogP contribution in [0.2, 0.25) is 0 Å². The maximum absolute atomic E-state index is 15.1. The van der Waals surface area contributed by atoms with E-state index in [1.165, 1.54) is 44.2 Å². The predicted molar refractivity (Wildman–Crippen MR) is 117 cm³/mol. The molecule has 4 rings (SSSR count). The standard InChI is InChI=1S/C24H22F6N2O3/c1-21(2)11-22(34,23(26,27)24(28,29)30)20(13-7-9-14(25)19(35-3)18(13)21)32-16-6-4-5-15-12(16)8-10-17(33)31-15/h4-10,20,32,34H,11H2,1-3H3,(H,31,33). The minimum absolute atomic E-state index is 0.0637. The number of nitrogens with one attached hydrogen (secondary N) is 2. The number of halogens is 6. The van der Waals surface area contributed by atoms with Crippen molar-refractivity contribution >= 4 is 16.6 Å². The van der Waals surface area contributed by atoms with Gasteiger partial charge in [-0.15, -0.1) is 0 Å². The third kappa shape index (κ3) is 3.72. The van der Waals surface area contributed by atoms with E-state index >= 15 is 8.78 Å². The second kappa shape index (κ2) is 7.91. The quantitative estimate of drug-likeness (QED) is 0.417. The normalized spacial score (nSPS) is 22.1. The molecule has 0 aliphatic heterocycles. The number of pyridine rings is 1. The van der Waals surface area contributed by atoms with E-state index in [-0.39, 0.29) is 22.6 Å². The number of ether oxygens (including phenoxy) is 1. The average Bonchev–Trinajstić information content (AvgIpc) is 2.75. The highest BCUT2D eigenvalue weighted by Crippen LogP contribution is 2.59. The summed E-state index contributed by atoms with van der Waals surface area (Å²) in [6.07, 6.45) is -7.15. The first-order chi connectivity index (χ1) is 16.1. The third-order valence-electron chi connectivity index (χ3n) is 6.49. The molecule has 11 heteroatoms. The molecule has 1 aromatic heterocycles. The Labute approximate surface area is 195 Å². The highest BCUT2D eigenvalue weighted by molar-refractivity contribution is 5.91. The van der Waals surface area contributed by atoms with Crippen molar-refractivity contribution in [3.05, 3.63) is 69.8 Å². The first-order valence-corrected chi connectivity index (χ1v) is 10.6. The Morgan fingerprint density at radius 3 is 2.40 bits per heavy atom. The molecule has 3 aromatic rings. The molecule has 1 aliphatic carbocycles. The summed E-state index contributed by atoms with van der Waals surface area (Å²) >= 11 is 0. The maximum atomic E-state index is 15.1. The van der Waals surface area contributed by atoms with E-state index in [0.29, 0.717) is 10.9 Å². The van der Waals surface area contributed by atoms with Gasteiger partial charge in [0.1, 0.15) is 0 Å². The van der Waals surface area contributed by atoms with Crippen molar-refractivity contribution in [3.63, 3.8) is 0 Å². The van der Waals surface area contributed by atoms with Gasteiger partial charge < -0.3 is 20.1 Å². The van der Waals surface area contributed by atoms with E-state index in [0.717, 1.165) is 19.2 Å². The Morgan fingerprint density at radius 2 is 1.77 bits per heavy atom. The van der Waals surface area contributed by atoms with Crippen LogP contribution in [0.3, 0.4) is 0 Å². The van der Waals surface area contributed by atoms with Crippen LogP contribution in [0, 0.1) is 5.82 Å². The third-order valence-corrected chi connectivity index (χ3v) is 6.49. The largest absolute Gasteiger partial charge is 0.493 e. The number of anilines is 1. The van der Waals surface area contributed by atoms with Crippen LogP contribution in [-0.4, -0.2) is 34.9 Å². The van der Waals surface area contributed by atoms with Crippen LogP contribution in [-0.2, 0) is 5.41 Å². The highest BCUT2D eigenvalue weighted by Gasteiger charge is 2.74. The number of aromatic nitrogens is 1. The van der Waals surface area contributed by atoms with Crippen LogP contribution >= 0.6 is 0 Å². The molecule has 0 saturated carbocycles. The molecular weight excluding hydrogens is 478 g/mol. The van der Waals surface area contributed by atoms with E-state index in [2.05, 4.69) is 10.3 Å². The Bertz CT molecular complexity index is 1350. The number of hydrogen-bond donors (Lipinski definition) is 3. The van der Waals surface area contributed by atoms with Gasteiger partial charge in [-0.3, -0.25) is 4.79 Å². The number of alkyl halides is 5. The van der Waals surface area contributed by atoms with Gasteiger partial charge in [0.2, 0.25) is 5.56 Å². The summed E-state index contributed by atoms with van der Waals surface area (Å²) in [4.78, 5) is 14.2. The molecular formula is C24H22F6N2O3. The van der Waals surface area contributed by atoms with Gasteiger partial charge >= 0.3 is 12.1 Å². The highest BCUT2D eigenvalue weighted by atomic mass is 19.4. The van der Waals surface area contributed by atoms with Crippen LogP contribution in [0.4, 0.5) is 32.0 Å². The molecule has 188 valence electrons.